The van der Waals surface area contributed by atoms with Crippen molar-refractivity contribution >= 4 is 34.8 Å². The van der Waals surface area contributed by atoms with E-state index in [2.05, 4.69) is 15.6 Å². The number of guanidine groups is 1. The Bertz CT molecular complexity index is 750. The number of methoxy groups -OCH3 is 1. The molecule has 0 bridgehead atoms. The van der Waals surface area contributed by atoms with Crippen molar-refractivity contribution in [1.82, 2.24) is 0 Å². The lowest BCUT2D eigenvalue weighted by Crippen LogP contribution is -2.25. The van der Waals surface area contributed by atoms with E-state index in [9.17, 15) is 9.18 Å². The van der Waals surface area contributed by atoms with Gasteiger partial charge in [-0.2, -0.15) is 0 Å². The predicted octanol–water partition coefficient (Wildman–Crippen LogP) is 2.85. The molecule has 0 aliphatic carbocycles. The average Bonchev–Trinajstić information content (AvgIpc) is 2.55. The molecule has 4 N–H and O–H groups in total. The highest BCUT2D eigenvalue weighted by molar-refractivity contribution is 6.32. The van der Waals surface area contributed by atoms with Crippen LogP contribution in [0.5, 0.6) is 5.75 Å². The highest BCUT2D eigenvalue weighted by atomic mass is 35.5. The number of nitrogens with one attached hydrogen (secondary N) is 2. The average molecular weight is 351 g/mol. The molecule has 0 saturated heterocycles. The van der Waals surface area contributed by atoms with Crippen molar-refractivity contribution < 1.29 is 13.9 Å². The molecular formula is C16H16ClFN4O2. The molecule has 0 radical (unpaired) electrons. The van der Waals surface area contributed by atoms with Crippen LogP contribution in [0, 0.1) is 5.82 Å². The molecule has 2 aromatic rings. The van der Waals surface area contributed by atoms with E-state index in [1.54, 1.807) is 18.2 Å². The van der Waals surface area contributed by atoms with E-state index in [4.69, 9.17) is 22.1 Å². The van der Waals surface area contributed by atoms with Gasteiger partial charge in [0, 0.05) is 11.4 Å². The van der Waals surface area contributed by atoms with Gasteiger partial charge in [-0.25, -0.2) is 9.38 Å². The number of nitrogens with two attached hydrogens (primary N) is 1. The third kappa shape index (κ3) is 5.13. The summed E-state index contributed by atoms with van der Waals surface area (Å²) in [7, 11) is 1.52. The Balaban J connectivity index is 1.90. The van der Waals surface area contributed by atoms with Gasteiger partial charge in [0.05, 0.1) is 12.1 Å². The fourth-order valence-corrected chi connectivity index (χ4v) is 2.08. The van der Waals surface area contributed by atoms with Gasteiger partial charge >= 0.3 is 0 Å². The summed E-state index contributed by atoms with van der Waals surface area (Å²) in [5.41, 5.74) is 6.81. The number of nitrogens with zero attached hydrogens (tertiary/aromatic N) is 1. The zero-order valence-corrected chi connectivity index (χ0v) is 13.6. The first-order valence-electron chi connectivity index (χ1n) is 6.94. The highest BCUT2D eigenvalue weighted by Gasteiger charge is 2.04. The minimum Gasteiger partial charge on any atom is -0.495 e. The predicted molar refractivity (Wildman–Crippen MR) is 93.1 cm³/mol. The summed E-state index contributed by atoms with van der Waals surface area (Å²) in [6.07, 6.45) is 0. The molecule has 0 aromatic heterocycles. The Labute approximate surface area is 143 Å². The van der Waals surface area contributed by atoms with Crippen LogP contribution in [0.2, 0.25) is 5.02 Å². The fourth-order valence-electron chi connectivity index (χ4n) is 1.82. The first kappa shape index (κ1) is 17.6. The second kappa shape index (κ2) is 8.16. The number of carbonyl (C=O) groups excluding carboxylic acids is 1. The third-order valence-corrected chi connectivity index (χ3v) is 3.24. The van der Waals surface area contributed by atoms with Gasteiger partial charge in [-0.05, 0) is 42.5 Å². The summed E-state index contributed by atoms with van der Waals surface area (Å²) in [6.45, 7) is -0.180. The maximum Gasteiger partial charge on any atom is 0.246 e. The maximum atomic E-state index is 12.8. The zero-order chi connectivity index (χ0) is 17.5. The number of anilines is 2. The normalized spacial score (nSPS) is 11.0. The smallest absolute Gasteiger partial charge is 0.246 e. The summed E-state index contributed by atoms with van der Waals surface area (Å²) in [5, 5.41) is 5.82. The molecule has 0 fully saturated rings. The van der Waals surface area contributed by atoms with E-state index in [1.165, 1.54) is 31.4 Å². The van der Waals surface area contributed by atoms with Gasteiger partial charge in [-0.3, -0.25) is 4.79 Å². The zero-order valence-electron chi connectivity index (χ0n) is 12.8. The van der Waals surface area contributed by atoms with E-state index >= 15 is 0 Å². The van der Waals surface area contributed by atoms with Gasteiger partial charge in [0.2, 0.25) is 5.91 Å². The topological polar surface area (TPSA) is 88.7 Å². The van der Waals surface area contributed by atoms with E-state index in [0.29, 0.717) is 22.1 Å². The number of amides is 1. The van der Waals surface area contributed by atoms with Crippen molar-refractivity contribution in [1.29, 1.82) is 0 Å². The van der Waals surface area contributed by atoms with Crippen molar-refractivity contribution in [3.05, 3.63) is 53.3 Å². The van der Waals surface area contributed by atoms with Gasteiger partial charge in [-0.1, -0.05) is 11.6 Å². The molecule has 0 spiro atoms. The Morgan fingerprint density at radius 1 is 1.21 bits per heavy atom. The molecule has 126 valence electrons. The minimum absolute atomic E-state index is 0.0606. The standard InChI is InChI=1S/C16H16ClFN4O2/c1-24-14-7-6-12(8-13(14)17)22-16(19)20-9-15(23)21-11-4-2-10(18)3-5-11/h2-8H,9H2,1H3,(H,21,23)(H3,19,20,22). The number of carbonyl (C=O) groups is 1. The lowest BCUT2D eigenvalue weighted by Gasteiger charge is -2.08. The molecule has 6 nitrogen and oxygen atoms in total. The summed E-state index contributed by atoms with van der Waals surface area (Å²) < 4.78 is 17.8. The van der Waals surface area contributed by atoms with Crippen LogP contribution in [0.1, 0.15) is 0 Å². The van der Waals surface area contributed by atoms with Gasteiger partial charge < -0.3 is 21.1 Å². The summed E-state index contributed by atoms with van der Waals surface area (Å²) in [6, 6.07) is 10.4. The Morgan fingerprint density at radius 3 is 2.50 bits per heavy atom. The number of ether oxygens (including phenoxy) is 1. The van der Waals surface area contributed by atoms with Crippen molar-refractivity contribution in [2.75, 3.05) is 24.3 Å². The highest BCUT2D eigenvalue weighted by Crippen LogP contribution is 2.26. The van der Waals surface area contributed by atoms with Gasteiger partial charge in [0.15, 0.2) is 5.96 Å². The van der Waals surface area contributed by atoms with Crippen molar-refractivity contribution in [3.63, 3.8) is 0 Å². The molecule has 0 aliphatic rings. The van der Waals surface area contributed by atoms with Gasteiger partial charge in [-0.15, -0.1) is 0 Å². The molecule has 0 atom stereocenters. The lowest BCUT2D eigenvalue weighted by molar-refractivity contribution is -0.114. The Hall–Kier alpha value is -2.80. The second-order valence-electron chi connectivity index (χ2n) is 4.73. The first-order valence-corrected chi connectivity index (χ1v) is 7.31. The number of hydrogen-bond acceptors (Lipinski definition) is 3. The number of aliphatic imine (C=N–C) groups is 1. The summed E-state index contributed by atoms with van der Waals surface area (Å²) in [4.78, 5) is 15.7. The molecule has 0 unspecified atom stereocenters. The van der Waals surface area contributed by atoms with Crippen LogP contribution in [0.15, 0.2) is 47.5 Å². The SMILES string of the molecule is COc1ccc(NC(N)=NCC(=O)Nc2ccc(F)cc2)cc1Cl. The van der Waals surface area contributed by atoms with E-state index < -0.39 is 0 Å². The van der Waals surface area contributed by atoms with Crippen LogP contribution in [0.3, 0.4) is 0 Å². The van der Waals surface area contributed by atoms with Gasteiger partial charge in [0.25, 0.3) is 0 Å². The maximum absolute atomic E-state index is 12.8. The molecule has 8 heteroatoms. The Kier molecular flexibility index (Phi) is 5.97. The lowest BCUT2D eigenvalue weighted by atomic mass is 10.3. The van der Waals surface area contributed by atoms with Crippen molar-refractivity contribution in [2.24, 2.45) is 10.7 Å². The van der Waals surface area contributed by atoms with Crippen LogP contribution in [0.25, 0.3) is 0 Å². The van der Waals surface area contributed by atoms with Crippen LogP contribution in [-0.4, -0.2) is 25.5 Å². The molecule has 1 amide bonds. The molecule has 2 aromatic carbocycles. The Morgan fingerprint density at radius 2 is 1.88 bits per heavy atom. The van der Waals surface area contributed by atoms with Gasteiger partial charge in [0.1, 0.15) is 18.1 Å². The summed E-state index contributed by atoms with van der Waals surface area (Å²) in [5.74, 6) is -0.154. The largest absolute Gasteiger partial charge is 0.495 e. The monoisotopic (exact) mass is 350 g/mol. The van der Waals surface area contributed by atoms with Crippen LogP contribution >= 0.6 is 11.6 Å². The first-order chi connectivity index (χ1) is 11.5. The summed E-state index contributed by atoms with van der Waals surface area (Å²) >= 11 is 6.01. The van der Waals surface area contributed by atoms with E-state index in [-0.39, 0.29) is 24.2 Å². The minimum atomic E-state index is -0.377. The van der Waals surface area contributed by atoms with Crippen LogP contribution < -0.4 is 21.1 Å². The molecule has 0 heterocycles. The number of benzene rings is 2. The third-order valence-electron chi connectivity index (χ3n) is 2.95. The van der Waals surface area contributed by atoms with E-state index in [1.807, 2.05) is 0 Å². The number of rotatable bonds is 5. The van der Waals surface area contributed by atoms with E-state index in [0.717, 1.165) is 0 Å². The quantitative estimate of drug-likeness (QED) is 0.571. The molecule has 0 saturated carbocycles. The molecule has 0 aliphatic heterocycles. The molecule has 2 rings (SSSR count). The number of halogens is 2. The van der Waals surface area contributed by atoms with Crippen molar-refractivity contribution in [3.8, 4) is 5.75 Å². The second-order valence-corrected chi connectivity index (χ2v) is 5.14. The molecule has 24 heavy (non-hydrogen) atoms. The number of hydrogen-bond donors (Lipinski definition) is 3. The molecular weight excluding hydrogens is 335 g/mol. The fraction of sp³-hybridized carbons (Fsp3) is 0.125. The van der Waals surface area contributed by atoms with Crippen LogP contribution in [0.4, 0.5) is 15.8 Å². The van der Waals surface area contributed by atoms with Crippen molar-refractivity contribution in [2.45, 2.75) is 0 Å². The van der Waals surface area contributed by atoms with Crippen LogP contribution in [-0.2, 0) is 4.79 Å².